The van der Waals surface area contributed by atoms with Gasteiger partial charge < -0.3 is 10.1 Å². The highest BCUT2D eigenvalue weighted by atomic mass is 16.5. The lowest BCUT2D eigenvalue weighted by Crippen LogP contribution is -2.36. The molecule has 24 heavy (non-hydrogen) atoms. The summed E-state index contributed by atoms with van der Waals surface area (Å²) in [4.78, 5) is 26.4. The summed E-state index contributed by atoms with van der Waals surface area (Å²) in [6, 6.07) is 8.78. The molecule has 0 atom stereocenters. The Hall–Kier alpha value is -2.50. The van der Waals surface area contributed by atoms with Crippen LogP contribution in [0, 0.1) is 0 Å². The molecule has 2 aromatic rings. The second kappa shape index (κ2) is 8.38. The van der Waals surface area contributed by atoms with Gasteiger partial charge in [0.25, 0.3) is 5.56 Å². The third kappa shape index (κ3) is 5.30. The van der Waals surface area contributed by atoms with Crippen LogP contribution in [0.25, 0.3) is 0 Å². The number of nitrogens with zero attached hydrogens (tertiary/aromatic N) is 1. The molecule has 2 N–H and O–H groups in total. The molecule has 0 bridgehead atoms. The molecule has 0 amide bonds. The highest BCUT2D eigenvalue weighted by Crippen LogP contribution is 2.15. The zero-order valence-electron chi connectivity index (χ0n) is 14.5. The number of hydrogen-bond acceptors (Lipinski definition) is 4. The first-order valence-corrected chi connectivity index (χ1v) is 8.24. The van der Waals surface area contributed by atoms with Crippen LogP contribution in [0.4, 0.5) is 5.82 Å². The van der Waals surface area contributed by atoms with E-state index in [9.17, 15) is 9.59 Å². The summed E-state index contributed by atoms with van der Waals surface area (Å²) in [6.07, 6.45) is 4.50. The molecule has 0 spiro atoms. The van der Waals surface area contributed by atoms with Crippen LogP contribution < -0.4 is 21.3 Å². The number of H-pyrrole nitrogens is 1. The topological polar surface area (TPSA) is 76.1 Å². The Morgan fingerprint density at radius 3 is 2.46 bits per heavy atom. The van der Waals surface area contributed by atoms with E-state index in [4.69, 9.17) is 4.74 Å². The van der Waals surface area contributed by atoms with Gasteiger partial charge in [-0.05, 0) is 31.5 Å². The Balaban J connectivity index is 0.000000623. The Morgan fingerprint density at radius 2 is 1.92 bits per heavy atom. The summed E-state index contributed by atoms with van der Waals surface area (Å²) in [6.45, 7) is 4.07. The average Bonchev–Trinajstić information content (AvgIpc) is 3.41. The van der Waals surface area contributed by atoms with Crippen LogP contribution in [-0.4, -0.2) is 16.7 Å². The van der Waals surface area contributed by atoms with Gasteiger partial charge in [-0.15, -0.1) is 0 Å². The van der Waals surface area contributed by atoms with Crippen molar-refractivity contribution in [1.29, 1.82) is 0 Å². The third-order valence-electron chi connectivity index (χ3n) is 3.45. The number of hydrogen-bond donors (Lipinski definition) is 2. The van der Waals surface area contributed by atoms with Gasteiger partial charge in [-0.3, -0.25) is 14.3 Å². The predicted octanol–water partition coefficient (Wildman–Crippen LogP) is 2.91. The molecule has 0 saturated heterocycles. The lowest BCUT2D eigenvalue weighted by atomic mass is 10.2. The first-order valence-electron chi connectivity index (χ1n) is 8.24. The van der Waals surface area contributed by atoms with Gasteiger partial charge in [-0.25, -0.2) is 4.79 Å². The molecule has 3 rings (SSSR count). The molecule has 1 aliphatic rings. The number of aromatic amines is 1. The minimum Gasteiger partial charge on any atom is -0.497 e. The molecule has 0 radical (unpaired) electrons. The van der Waals surface area contributed by atoms with E-state index in [1.807, 2.05) is 24.3 Å². The first-order chi connectivity index (χ1) is 11.5. The summed E-state index contributed by atoms with van der Waals surface area (Å²) >= 11 is 0. The van der Waals surface area contributed by atoms with Gasteiger partial charge in [-0.2, -0.15) is 0 Å². The number of nitrogens with one attached hydrogen (secondary N) is 2. The van der Waals surface area contributed by atoms with Gasteiger partial charge in [0.2, 0.25) is 0 Å². The minimum absolute atomic E-state index is 0.173. The van der Waals surface area contributed by atoms with E-state index in [-0.39, 0.29) is 11.6 Å². The number of anilines is 1. The van der Waals surface area contributed by atoms with E-state index in [1.165, 1.54) is 29.9 Å². The Kier molecular flexibility index (Phi) is 6.23. The monoisotopic (exact) mass is 331 g/mol. The molecular formula is C18H25N3O3. The van der Waals surface area contributed by atoms with Crippen LogP contribution in [0.1, 0.15) is 44.7 Å². The molecule has 0 unspecified atom stereocenters. The van der Waals surface area contributed by atoms with Crippen molar-refractivity contribution in [1.82, 2.24) is 9.55 Å². The van der Waals surface area contributed by atoms with Crippen LogP contribution in [0.5, 0.6) is 5.75 Å². The van der Waals surface area contributed by atoms with Gasteiger partial charge in [0.05, 0.1) is 7.11 Å². The van der Waals surface area contributed by atoms with Crippen molar-refractivity contribution in [3.8, 4) is 5.75 Å². The number of benzene rings is 1. The van der Waals surface area contributed by atoms with Crippen molar-refractivity contribution >= 4 is 5.82 Å². The normalized spacial score (nSPS) is 12.3. The van der Waals surface area contributed by atoms with E-state index in [0.717, 1.165) is 11.3 Å². The molecule has 1 fully saturated rings. The van der Waals surface area contributed by atoms with Gasteiger partial charge in [-0.1, -0.05) is 31.4 Å². The first kappa shape index (κ1) is 17.8. The smallest absolute Gasteiger partial charge is 0.330 e. The fraction of sp³-hybridized carbons (Fsp3) is 0.444. The molecule has 1 heterocycles. The summed E-state index contributed by atoms with van der Waals surface area (Å²) in [7, 11) is 1.61. The van der Waals surface area contributed by atoms with E-state index in [0.29, 0.717) is 12.4 Å². The van der Waals surface area contributed by atoms with E-state index in [1.54, 1.807) is 21.0 Å². The molecule has 1 aromatic heterocycles. The molecule has 0 aliphatic heterocycles. The highest BCUT2D eigenvalue weighted by molar-refractivity contribution is 5.36. The SMILES string of the molecule is C1CC1.COc1cccc(CNc2cc(=O)n(C(C)C)c(=O)[nH]2)c1. The molecule has 130 valence electrons. The van der Waals surface area contributed by atoms with E-state index >= 15 is 0 Å². The van der Waals surface area contributed by atoms with Gasteiger partial charge in [0.15, 0.2) is 0 Å². The molecule has 6 nitrogen and oxygen atoms in total. The third-order valence-corrected chi connectivity index (χ3v) is 3.45. The van der Waals surface area contributed by atoms with Crippen molar-refractivity contribution in [3.63, 3.8) is 0 Å². The quantitative estimate of drug-likeness (QED) is 0.883. The van der Waals surface area contributed by atoms with Gasteiger partial charge in [0.1, 0.15) is 11.6 Å². The van der Waals surface area contributed by atoms with Gasteiger partial charge >= 0.3 is 5.69 Å². The lowest BCUT2D eigenvalue weighted by Gasteiger charge is -2.11. The maximum absolute atomic E-state index is 11.9. The van der Waals surface area contributed by atoms with Crippen molar-refractivity contribution in [2.75, 3.05) is 12.4 Å². The summed E-state index contributed by atoms with van der Waals surface area (Å²) in [5.41, 5.74) is 0.260. The number of aromatic nitrogens is 2. The van der Waals surface area contributed by atoms with Crippen LogP contribution >= 0.6 is 0 Å². The number of ether oxygens (including phenoxy) is 1. The maximum atomic E-state index is 11.9. The second-order valence-electron chi connectivity index (χ2n) is 6.06. The van der Waals surface area contributed by atoms with Crippen molar-refractivity contribution in [3.05, 3.63) is 56.7 Å². The Morgan fingerprint density at radius 1 is 1.21 bits per heavy atom. The molecule has 1 saturated carbocycles. The molecular weight excluding hydrogens is 306 g/mol. The van der Waals surface area contributed by atoms with Crippen molar-refractivity contribution in [2.45, 2.75) is 45.7 Å². The highest BCUT2D eigenvalue weighted by Gasteiger charge is 2.07. The minimum atomic E-state index is -0.411. The Bertz CT molecular complexity index is 742. The van der Waals surface area contributed by atoms with Gasteiger partial charge in [0, 0.05) is 18.7 Å². The average molecular weight is 331 g/mol. The van der Waals surface area contributed by atoms with E-state index in [2.05, 4.69) is 10.3 Å². The van der Waals surface area contributed by atoms with Crippen molar-refractivity contribution < 1.29 is 4.74 Å². The van der Waals surface area contributed by atoms with Crippen LogP contribution in [0.15, 0.2) is 39.9 Å². The second-order valence-corrected chi connectivity index (χ2v) is 6.06. The fourth-order valence-electron chi connectivity index (χ4n) is 2.07. The predicted molar refractivity (Wildman–Crippen MR) is 95.9 cm³/mol. The fourth-order valence-corrected chi connectivity index (χ4v) is 2.07. The zero-order valence-corrected chi connectivity index (χ0v) is 14.5. The van der Waals surface area contributed by atoms with Crippen LogP contribution in [0.2, 0.25) is 0 Å². The number of methoxy groups -OCH3 is 1. The van der Waals surface area contributed by atoms with Crippen LogP contribution in [-0.2, 0) is 6.54 Å². The summed E-state index contributed by atoms with van der Waals surface area (Å²) in [5.74, 6) is 1.17. The van der Waals surface area contributed by atoms with Crippen LogP contribution in [0.3, 0.4) is 0 Å². The maximum Gasteiger partial charge on any atom is 0.330 e. The Labute approximate surface area is 141 Å². The molecule has 6 heteroatoms. The molecule has 1 aliphatic carbocycles. The summed E-state index contributed by atoms with van der Waals surface area (Å²) in [5, 5.41) is 3.04. The molecule has 1 aromatic carbocycles. The van der Waals surface area contributed by atoms with Crippen molar-refractivity contribution in [2.24, 2.45) is 0 Å². The summed E-state index contributed by atoms with van der Waals surface area (Å²) < 4.78 is 6.33. The van der Waals surface area contributed by atoms with E-state index < -0.39 is 5.69 Å². The largest absolute Gasteiger partial charge is 0.497 e. The standard InChI is InChI=1S/C15H19N3O3.C3H6/c1-10(2)18-14(19)8-13(17-15(18)20)16-9-11-5-4-6-12(7-11)21-3;1-2-3-1/h4-8,10,16H,9H2,1-3H3,(H,17,20);1-3H2. The zero-order chi connectivity index (χ0) is 17.5. The lowest BCUT2D eigenvalue weighted by molar-refractivity contribution is 0.414. The number of rotatable bonds is 5.